The lowest BCUT2D eigenvalue weighted by Gasteiger charge is -2.32. The third-order valence-electron chi connectivity index (χ3n) is 6.79. The van der Waals surface area contributed by atoms with Crippen LogP contribution in [0.5, 0.6) is 0 Å². The van der Waals surface area contributed by atoms with Gasteiger partial charge in [0.05, 0.1) is 0 Å². The summed E-state index contributed by atoms with van der Waals surface area (Å²) in [6.07, 6.45) is 5.21. The Balaban J connectivity index is 1.52. The number of carbonyl (C=O) groups is 2. The minimum absolute atomic E-state index is 0.0167. The molecular weight excluding hydrogens is 544 g/mol. The number of carbonyl (C=O) groups excluding carboxylic acids is 2. The SMILES string of the molecule is O=C(NC1CCCC1)C(Cc1ccccc1)N(Cc1cccc(Br)c1)C(=O)CCSCc1ccccc1. The fraction of sp³-hybridized carbons (Fsp3) is 0.355. The van der Waals surface area contributed by atoms with Gasteiger partial charge in [-0.05, 0) is 41.7 Å². The van der Waals surface area contributed by atoms with Crippen LogP contribution in [0.1, 0.15) is 48.8 Å². The van der Waals surface area contributed by atoms with Crippen molar-refractivity contribution in [3.8, 4) is 0 Å². The van der Waals surface area contributed by atoms with E-state index in [2.05, 4.69) is 33.4 Å². The Morgan fingerprint density at radius 1 is 0.892 bits per heavy atom. The normalized spacial score (nSPS) is 14.3. The van der Waals surface area contributed by atoms with Crippen LogP contribution in [0.15, 0.2) is 89.4 Å². The molecule has 4 rings (SSSR count). The Morgan fingerprint density at radius 3 is 2.22 bits per heavy atom. The molecule has 1 unspecified atom stereocenters. The molecule has 1 N–H and O–H groups in total. The molecule has 0 radical (unpaired) electrons. The van der Waals surface area contributed by atoms with Gasteiger partial charge in [0.15, 0.2) is 0 Å². The van der Waals surface area contributed by atoms with Gasteiger partial charge in [-0.2, -0.15) is 11.8 Å². The zero-order valence-corrected chi connectivity index (χ0v) is 23.6. The van der Waals surface area contributed by atoms with Crippen molar-refractivity contribution in [2.45, 2.75) is 62.9 Å². The molecule has 2 amide bonds. The second-order valence-corrected chi connectivity index (χ2v) is 11.7. The molecule has 1 aliphatic carbocycles. The molecular formula is C31H35BrN2O2S. The van der Waals surface area contributed by atoms with Crippen molar-refractivity contribution in [1.82, 2.24) is 10.2 Å². The van der Waals surface area contributed by atoms with Gasteiger partial charge < -0.3 is 10.2 Å². The van der Waals surface area contributed by atoms with E-state index in [0.717, 1.165) is 47.0 Å². The average Bonchev–Trinajstić information content (AvgIpc) is 3.43. The number of nitrogens with one attached hydrogen (secondary N) is 1. The summed E-state index contributed by atoms with van der Waals surface area (Å²) in [5, 5.41) is 3.27. The van der Waals surface area contributed by atoms with Gasteiger partial charge in [0.25, 0.3) is 0 Å². The smallest absolute Gasteiger partial charge is 0.243 e. The lowest BCUT2D eigenvalue weighted by molar-refractivity contribution is -0.141. The number of hydrogen-bond acceptors (Lipinski definition) is 3. The Kier molecular flexibility index (Phi) is 10.7. The molecule has 194 valence electrons. The molecule has 37 heavy (non-hydrogen) atoms. The highest BCUT2D eigenvalue weighted by molar-refractivity contribution is 9.10. The van der Waals surface area contributed by atoms with E-state index in [-0.39, 0.29) is 17.9 Å². The highest BCUT2D eigenvalue weighted by Crippen LogP contribution is 2.22. The summed E-state index contributed by atoms with van der Waals surface area (Å²) in [5.41, 5.74) is 3.31. The Labute approximate surface area is 233 Å². The van der Waals surface area contributed by atoms with Crippen molar-refractivity contribution in [3.63, 3.8) is 0 Å². The van der Waals surface area contributed by atoms with Gasteiger partial charge in [0, 0.05) is 41.4 Å². The fourth-order valence-electron chi connectivity index (χ4n) is 4.82. The summed E-state index contributed by atoms with van der Waals surface area (Å²) < 4.78 is 0.964. The second-order valence-electron chi connectivity index (χ2n) is 9.64. The number of amides is 2. The van der Waals surface area contributed by atoms with Gasteiger partial charge in [-0.25, -0.2) is 0 Å². The number of hydrogen-bond donors (Lipinski definition) is 1. The molecule has 0 aliphatic heterocycles. The first-order valence-corrected chi connectivity index (χ1v) is 15.0. The first-order valence-electron chi connectivity index (χ1n) is 13.1. The molecule has 0 bridgehead atoms. The van der Waals surface area contributed by atoms with E-state index in [1.165, 1.54) is 5.56 Å². The zero-order chi connectivity index (χ0) is 25.9. The molecule has 1 saturated carbocycles. The van der Waals surface area contributed by atoms with Crippen molar-refractivity contribution in [1.29, 1.82) is 0 Å². The summed E-state index contributed by atoms with van der Waals surface area (Å²) in [7, 11) is 0. The van der Waals surface area contributed by atoms with Crippen LogP contribution in [-0.4, -0.2) is 34.6 Å². The molecule has 4 nitrogen and oxygen atoms in total. The van der Waals surface area contributed by atoms with Crippen LogP contribution >= 0.6 is 27.7 Å². The van der Waals surface area contributed by atoms with Crippen LogP contribution in [0, 0.1) is 0 Å². The van der Waals surface area contributed by atoms with Gasteiger partial charge in [-0.15, -0.1) is 0 Å². The van der Waals surface area contributed by atoms with Crippen molar-refractivity contribution >= 4 is 39.5 Å². The van der Waals surface area contributed by atoms with E-state index in [1.54, 1.807) is 11.8 Å². The average molecular weight is 580 g/mol. The topological polar surface area (TPSA) is 49.4 Å². The van der Waals surface area contributed by atoms with Crippen LogP contribution in [0.25, 0.3) is 0 Å². The third-order valence-corrected chi connectivity index (χ3v) is 8.31. The van der Waals surface area contributed by atoms with E-state index >= 15 is 0 Å². The number of thioether (sulfide) groups is 1. The van der Waals surface area contributed by atoms with Gasteiger partial charge in [0.2, 0.25) is 11.8 Å². The third kappa shape index (κ3) is 8.75. The standard InChI is InChI=1S/C31H35BrN2O2S/c32-27-15-9-14-26(20-27)22-34(30(35)18-19-37-23-25-12-5-2-6-13-25)29(21-24-10-3-1-4-11-24)31(36)33-28-16-7-8-17-28/h1-6,9-15,20,28-29H,7-8,16-19,21-23H2,(H,33,36). The summed E-state index contributed by atoms with van der Waals surface area (Å²) >= 11 is 5.31. The molecule has 0 aromatic heterocycles. The van der Waals surface area contributed by atoms with Crippen molar-refractivity contribution < 1.29 is 9.59 Å². The van der Waals surface area contributed by atoms with Crippen LogP contribution in [0.4, 0.5) is 0 Å². The van der Waals surface area contributed by atoms with Crippen LogP contribution in [-0.2, 0) is 28.3 Å². The first-order chi connectivity index (χ1) is 18.1. The van der Waals surface area contributed by atoms with E-state index in [0.29, 0.717) is 25.1 Å². The monoisotopic (exact) mass is 578 g/mol. The van der Waals surface area contributed by atoms with E-state index in [4.69, 9.17) is 0 Å². The Morgan fingerprint density at radius 2 is 1.54 bits per heavy atom. The molecule has 6 heteroatoms. The van der Waals surface area contributed by atoms with Crippen molar-refractivity contribution in [3.05, 3.63) is 106 Å². The maximum Gasteiger partial charge on any atom is 0.243 e. The lowest BCUT2D eigenvalue weighted by atomic mass is 10.0. The van der Waals surface area contributed by atoms with Crippen molar-refractivity contribution in [2.24, 2.45) is 0 Å². The summed E-state index contributed by atoms with van der Waals surface area (Å²) in [5.74, 6) is 1.56. The molecule has 1 aliphatic rings. The van der Waals surface area contributed by atoms with Gasteiger partial charge >= 0.3 is 0 Å². The zero-order valence-electron chi connectivity index (χ0n) is 21.2. The van der Waals surface area contributed by atoms with Crippen LogP contribution < -0.4 is 5.32 Å². The van der Waals surface area contributed by atoms with Gasteiger partial charge in [0.1, 0.15) is 6.04 Å². The Hall–Kier alpha value is -2.57. The number of benzene rings is 3. The molecule has 3 aromatic carbocycles. The largest absolute Gasteiger partial charge is 0.352 e. The van der Waals surface area contributed by atoms with Gasteiger partial charge in [-0.3, -0.25) is 9.59 Å². The molecule has 0 saturated heterocycles. The maximum atomic E-state index is 13.7. The molecule has 1 fully saturated rings. The van der Waals surface area contributed by atoms with Gasteiger partial charge in [-0.1, -0.05) is 102 Å². The first kappa shape index (κ1) is 27.5. The van der Waals surface area contributed by atoms with Crippen LogP contribution in [0.3, 0.4) is 0 Å². The number of nitrogens with zero attached hydrogens (tertiary/aromatic N) is 1. The highest BCUT2D eigenvalue weighted by Gasteiger charge is 2.32. The molecule has 0 heterocycles. The predicted molar refractivity (Wildman–Crippen MR) is 156 cm³/mol. The van der Waals surface area contributed by atoms with Crippen molar-refractivity contribution in [2.75, 3.05) is 5.75 Å². The summed E-state index contributed by atoms with van der Waals surface area (Å²) in [6, 6.07) is 28.0. The molecule has 1 atom stereocenters. The van der Waals surface area contributed by atoms with E-state index in [1.807, 2.05) is 77.7 Å². The highest BCUT2D eigenvalue weighted by atomic mass is 79.9. The minimum atomic E-state index is -0.561. The number of rotatable bonds is 12. The van der Waals surface area contributed by atoms with E-state index in [9.17, 15) is 9.59 Å². The fourth-order valence-corrected chi connectivity index (χ4v) is 6.16. The Bertz CT molecular complexity index is 1140. The minimum Gasteiger partial charge on any atom is -0.352 e. The van der Waals surface area contributed by atoms with Crippen LogP contribution in [0.2, 0.25) is 0 Å². The van der Waals surface area contributed by atoms with E-state index < -0.39 is 6.04 Å². The lowest BCUT2D eigenvalue weighted by Crippen LogP contribution is -2.52. The molecule has 3 aromatic rings. The summed E-state index contributed by atoms with van der Waals surface area (Å²) in [6.45, 7) is 0.400. The maximum absolute atomic E-state index is 13.7. The second kappa shape index (κ2) is 14.4. The summed E-state index contributed by atoms with van der Waals surface area (Å²) in [4.78, 5) is 29.2. The molecule has 0 spiro atoms. The predicted octanol–water partition coefficient (Wildman–Crippen LogP) is 6.77. The quantitative estimate of drug-likeness (QED) is 0.241. The number of halogens is 1.